The van der Waals surface area contributed by atoms with Crippen LogP contribution in [-0.2, 0) is 11.3 Å². The Balaban J connectivity index is 1.67. The van der Waals surface area contributed by atoms with E-state index in [-0.39, 0.29) is 6.04 Å². The van der Waals surface area contributed by atoms with E-state index in [4.69, 9.17) is 9.72 Å². The molecule has 5 heteroatoms. The van der Waals surface area contributed by atoms with Gasteiger partial charge in [-0.25, -0.2) is 4.98 Å². The SMILES string of the molecule is CCn1c([C@H](C)NC[C@@H](C)N2CCOC[C@@H]2C)nc2ccccc21. The minimum Gasteiger partial charge on any atom is -0.379 e. The molecule has 3 atom stereocenters. The van der Waals surface area contributed by atoms with Gasteiger partial charge >= 0.3 is 0 Å². The van der Waals surface area contributed by atoms with Crippen molar-refractivity contribution in [2.24, 2.45) is 0 Å². The average molecular weight is 330 g/mol. The molecule has 1 aliphatic heterocycles. The van der Waals surface area contributed by atoms with Crippen LogP contribution in [0.5, 0.6) is 0 Å². The molecule has 3 rings (SSSR count). The van der Waals surface area contributed by atoms with Gasteiger partial charge in [0.25, 0.3) is 0 Å². The van der Waals surface area contributed by atoms with Crippen LogP contribution < -0.4 is 5.32 Å². The van der Waals surface area contributed by atoms with E-state index in [0.717, 1.165) is 44.2 Å². The maximum atomic E-state index is 5.55. The van der Waals surface area contributed by atoms with Crippen LogP contribution in [-0.4, -0.2) is 52.8 Å². The summed E-state index contributed by atoms with van der Waals surface area (Å²) in [6, 6.07) is 9.60. The third kappa shape index (κ3) is 3.48. The second-order valence-corrected chi connectivity index (χ2v) is 6.84. The van der Waals surface area contributed by atoms with E-state index < -0.39 is 0 Å². The second-order valence-electron chi connectivity index (χ2n) is 6.84. The van der Waals surface area contributed by atoms with Crippen LogP contribution in [0.2, 0.25) is 0 Å². The van der Waals surface area contributed by atoms with Crippen LogP contribution in [0.15, 0.2) is 24.3 Å². The molecule has 0 saturated carbocycles. The number of aryl methyl sites for hydroxylation is 1. The summed E-state index contributed by atoms with van der Waals surface area (Å²) in [5.41, 5.74) is 2.30. The Morgan fingerprint density at radius 1 is 1.33 bits per heavy atom. The van der Waals surface area contributed by atoms with Crippen molar-refractivity contribution < 1.29 is 4.74 Å². The summed E-state index contributed by atoms with van der Waals surface area (Å²) in [5.74, 6) is 1.13. The van der Waals surface area contributed by atoms with E-state index in [1.54, 1.807) is 0 Å². The monoisotopic (exact) mass is 330 g/mol. The lowest BCUT2D eigenvalue weighted by Gasteiger charge is -2.38. The number of hydrogen-bond donors (Lipinski definition) is 1. The molecule has 0 amide bonds. The summed E-state index contributed by atoms with van der Waals surface area (Å²) in [4.78, 5) is 7.39. The van der Waals surface area contributed by atoms with Crippen LogP contribution in [0.4, 0.5) is 0 Å². The Labute approximate surface area is 145 Å². The molecule has 1 aliphatic rings. The van der Waals surface area contributed by atoms with Crippen LogP contribution >= 0.6 is 0 Å². The van der Waals surface area contributed by atoms with Gasteiger partial charge in [0.2, 0.25) is 0 Å². The van der Waals surface area contributed by atoms with Crippen LogP contribution in [0, 0.1) is 0 Å². The first kappa shape index (κ1) is 17.4. The number of ether oxygens (including phenoxy) is 1. The Morgan fingerprint density at radius 2 is 2.12 bits per heavy atom. The molecular weight excluding hydrogens is 300 g/mol. The summed E-state index contributed by atoms with van der Waals surface area (Å²) >= 11 is 0. The Morgan fingerprint density at radius 3 is 2.88 bits per heavy atom. The standard InChI is InChI=1S/C19H30N4O/c1-5-22-18-9-7-6-8-17(18)21-19(22)16(4)20-12-14(2)23-10-11-24-13-15(23)3/h6-9,14-16,20H,5,10-13H2,1-4H3/t14-,15+,16+/m1/s1. The molecular formula is C19H30N4O. The van der Waals surface area contributed by atoms with E-state index in [0.29, 0.717) is 12.1 Å². The maximum absolute atomic E-state index is 5.55. The molecule has 2 heterocycles. The fourth-order valence-electron chi connectivity index (χ4n) is 3.71. The number of hydrogen-bond acceptors (Lipinski definition) is 4. The van der Waals surface area contributed by atoms with Gasteiger partial charge in [0.15, 0.2) is 0 Å². The van der Waals surface area contributed by atoms with Gasteiger partial charge in [-0.15, -0.1) is 0 Å². The third-order valence-corrected chi connectivity index (χ3v) is 5.09. The smallest absolute Gasteiger partial charge is 0.126 e. The number of nitrogens with zero attached hydrogens (tertiary/aromatic N) is 3. The van der Waals surface area contributed by atoms with Crippen LogP contribution in [0.25, 0.3) is 11.0 Å². The van der Waals surface area contributed by atoms with Crippen LogP contribution in [0.1, 0.15) is 39.6 Å². The lowest BCUT2D eigenvalue weighted by molar-refractivity contribution is -0.0185. The number of para-hydroxylation sites is 2. The molecule has 1 saturated heterocycles. The van der Waals surface area contributed by atoms with Crippen molar-refractivity contribution in [3.63, 3.8) is 0 Å². The van der Waals surface area contributed by atoms with Gasteiger partial charge in [-0.2, -0.15) is 0 Å². The zero-order valence-corrected chi connectivity index (χ0v) is 15.3. The summed E-state index contributed by atoms with van der Waals surface area (Å²) < 4.78 is 7.86. The molecule has 1 N–H and O–H groups in total. The number of nitrogens with one attached hydrogen (secondary N) is 1. The van der Waals surface area contributed by atoms with Crippen molar-refractivity contribution in [3.05, 3.63) is 30.1 Å². The van der Waals surface area contributed by atoms with Gasteiger partial charge in [-0.3, -0.25) is 4.90 Å². The molecule has 24 heavy (non-hydrogen) atoms. The number of morpholine rings is 1. The molecule has 1 fully saturated rings. The lowest BCUT2D eigenvalue weighted by Crippen LogP contribution is -2.51. The fraction of sp³-hybridized carbons (Fsp3) is 0.632. The Bertz CT molecular complexity index is 668. The minimum atomic E-state index is 0.233. The Kier molecular flexibility index (Phi) is 5.54. The van der Waals surface area contributed by atoms with E-state index in [1.165, 1.54) is 5.52 Å². The van der Waals surface area contributed by atoms with Gasteiger partial charge < -0.3 is 14.6 Å². The van der Waals surface area contributed by atoms with Crippen molar-refractivity contribution in [2.75, 3.05) is 26.3 Å². The third-order valence-electron chi connectivity index (χ3n) is 5.09. The predicted molar refractivity (Wildman–Crippen MR) is 98.3 cm³/mol. The van der Waals surface area contributed by atoms with Crippen molar-refractivity contribution in [3.8, 4) is 0 Å². The quantitative estimate of drug-likeness (QED) is 0.884. The van der Waals surface area contributed by atoms with Crippen molar-refractivity contribution in [1.29, 1.82) is 0 Å². The highest BCUT2D eigenvalue weighted by Crippen LogP contribution is 2.21. The molecule has 132 valence electrons. The summed E-state index contributed by atoms with van der Waals surface area (Å²) in [5, 5.41) is 3.69. The number of aromatic nitrogens is 2. The molecule has 2 aromatic rings. The first-order chi connectivity index (χ1) is 11.6. The number of imidazole rings is 1. The average Bonchev–Trinajstić information content (AvgIpc) is 2.98. The lowest BCUT2D eigenvalue weighted by atomic mass is 10.1. The first-order valence-electron chi connectivity index (χ1n) is 9.13. The zero-order valence-electron chi connectivity index (χ0n) is 15.3. The molecule has 0 unspecified atom stereocenters. The highest BCUT2D eigenvalue weighted by atomic mass is 16.5. The van der Waals surface area contributed by atoms with Crippen LogP contribution in [0.3, 0.4) is 0 Å². The summed E-state index contributed by atoms with van der Waals surface area (Å²) in [6.07, 6.45) is 0. The zero-order chi connectivity index (χ0) is 17.1. The molecule has 0 spiro atoms. The Hall–Kier alpha value is -1.43. The van der Waals surface area contributed by atoms with E-state index in [1.807, 2.05) is 0 Å². The molecule has 0 bridgehead atoms. The minimum absolute atomic E-state index is 0.233. The number of rotatable bonds is 6. The van der Waals surface area contributed by atoms with Crippen molar-refractivity contribution in [1.82, 2.24) is 19.8 Å². The number of fused-ring (bicyclic) bond motifs is 1. The van der Waals surface area contributed by atoms with Gasteiger partial charge in [-0.05, 0) is 39.8 Å². The molecule has 1 aromatic carbocycles. The normalized spacial score (nSPS) is 21.9. The largest absolute Gasteiger partial charge is 0.379 e. The van der Waals surface area contributed by atoms with Gasteiger partial charge in [0, 0.05) is 31.7 Å². The second kappa shape index (κ2) is 7.64. The summed E-state index contributed by atoms with van der Waals surface area (Å²) in [7, 11) is 0. The topological polar surface area (TPSA) is 42.3 Å². The van der Waals surface area contributed by atoms with Crippen molar-refractivity contribution >= 4 is 11.0 Å². The fourth-order valence-corrected chi connectivity index (χ4v) is 3.71. The van der Waals surface area contributed by atoms with Gasteiger partial charge in [-0.1, -0.05) is 12.1 Å². The van der Waals surface area contributed by atoms with E-state index >= 15 is 0 Å². The highest BCUT2D eigenvalue weighted by Gasteiger charge is 2.24. The first-order valence-corrected chi connectivity index (χ1v) is 9.13. The summed E-state index contributed by atoms with van der Waals surface area (Å²) in [6.45, 7) is 13.5. The molecule has 1 aromatic heterocycles. The predicted octanol–water partition coefficient (Wildman–Crippen LogP) is 2.82. The molecule has 0 radical (unpaired) electrons. The van der Waals surface area contributed by atoms with Gasteiger partial charge in [0.05, 0.1) is 30.3 Å². The van der Waals surface area contributed by atoms with Crippen molar-refractivity contribution in [2.45, 2.75) is 52.4 Å². The van der Waals surface area contributed by atoms with Gasteiger partial charge in [0.1, 0.15) is 5.82 Å². The van der Waals surface area contributed by atoms with E-state index in [9.17, 15) is 0 Å². The molecule has 0 aliphatic carbocycles. The van der Waals surface area contributed by atoms with E-state index in [2.05, 4.69) is 66.7 Å². The number of benzene rings is 1. The highest BCUT2D eigenvalue weighted by molar-refractivity contribution is 5.76. The molecule has 5 nitrogen and oxygen atoms in total. The maximum Gasteiger partial charge on any atom is 0.126 e.